The van der Waals surface area contributed by atoms with Gasteiger partial charge in [0.25, 0.3) is 0 Å². The summed E-state index contributed by atoms with van der Waals surface area (Å²) in [6.45, 7) is 3.79. The van der Waals surface area contributed by atoms with Crippen LogP contribution in [0.2, 0.25) is 0 Å². The van der Waals surface area contributed by atoms with Gasteiger partial charge in [-0.1, -0.05) is 0 Å². The smallest absolute Gasteiger partial charge is 0.229 e. The van der Waals surface area contributed by atoms with E-state index in [0.717, 1.165) is 28.8 Å². The minimum Gasteiger partial charge on any atom is -0.441 e. The van der Waals surface area contributed by atoms with E-state index in [-0.39, 0.29) is 12.3 Å². The third-order valence-corrected chi connectivity index (χ3v) is 4.97. The van der Waals surface area contributed by atoms with Crippen LogP contribution in [0.15, 0.2) is 47.3 Å². The SMILES string of the molecule is Cc1ncc(-c2ccc3nnc(CC(=O)N4CCn5ccnc5C4)cc3c2)o1. The number of carbonyl (C=O) groups is 1. The largest absolute Gasteiger partial charge is 0.441 e. The van der Waals surface area contributed by atoms with Gasteiger partial charge >= 0.3 is 0 Å². The standard InChI is InChI=1S/C20H18N6O2/c1-13-22-11-18(28-13)14-2-3-17-15(8-14)9-16(23-24-17)10-20(27)26-7-6-25-5-4-21-19(25)12-26/h2-5,8-9,11H,6-7,10,12H2,1H3. The highest BCUT2D eigenvalue weighted by Crippen LogP contribution is 2.24. The number of aromatic nitrogens is 5. The van der Waals surface area contributed by atoms with Crippen molar-refractivity contribution in [2.24, 2.45) is 0 Å². The van der Waals surface area contributed by atoms with Crippen LogP contribution in [-0.2, 0) is 24.3 Å². The molecule has 140 valence electrons. The van der Waals surface area contributed by atoms with Gasteiger partial charge in [-0.25, -0.2) is 9.97 Å². The van der Waals surface area contributed by atoms with Crippen molar-refractivity contribution in [1.29, 1.82) is 0 Å². The summed E-state index contributed by atoms with van der Waals surface area (Å²) in [5.41, 5.74) is 2.34. The number of hydrogen-bond acceptors (Lipinski definition) is 6. The molecule has 5 rings (SSSR count). The van der Waals surface area contributed by atoms with Crippen molar-refractivity contribution >= 4 is 16.8 Å². The molecule has 0 radical (unpaired) electrons. The Hall–Kier alpha value is -3.55. The van der Waals surface area contributed by atoms with Crippen LogP contribution in [0.3, 0.4) is 0 Å². The van der Waals surface area contributed by atoms with Crippen molar-refractivity contribution in [3.63, 3.8) is 0 Å². The topological polar surface area (TPSA) is 89.9 Å². The highest BCUT2D eigenvalue weighted by Gasteiger charge is 2.21. The van der Waals surface area contributed by atoms with Crippen LogP contribution in [0.4, 0.5) is 0 Å². The van der Waals surface area contributed by atoms with Crippen LogP contribution in [0.25, 0.3) is 22.2 Å². The molecule has 0 unspecified atom stereocenters. The predicted octanol–water partition coefficient (Wildman–Crippen LogP) is 2.37. The summed E-state index contributed by atoms with van der Waals surface area (Å²) >= 11 is 0. The molecule has 1 aliphatic rings. The Morgan fingerprint density at radius 1 is 1.18 bits per heavy atom. The molecule has 0 spiro atoms. The summed E-state index contributed by atoms with van der Waals surface area (Å²) in [6.07, 6.45) is 5.64. The zero-order chi connectivity index (χ0) is 19.1. The quantitative estimate of drug-likeness (QED) is 0.547. The second-order valence-corrected chi connectivity index (χ2v) is 6.88. The Bertz CT molecular complexity index is 1180. The lowest BCUT2D eigenvalue weighted by molar-refractivity contribution is -0.132. The Kier molecular flexibility index (Phi) is 3.89. The Labute approximate surface area is 160 Å². The molecule has 0 N–H and O–H groups in total. The summed E-state index contributed by atoms with van der Waals surface area (Å²) in [5.74, 6) is 2.27. The molecular weight excluding hydrogens is 356 g/mol. The van der Waals surface area contributed by atoms with Gasteiger partial charge in [0.2, 0.25) is 5.91 Å². The van der Waals surface area contributed by atoms with Crippen molar-refractivity contribution in [2.75, 3.05) is 6.54 Å². The van der Waals surface area contributed by atoms with E-state index >= 15 is 0 Å². The maximum absolute atomic E-state index is 12.7. The highest BCUT2D eigenvalue weighted by atomic mass is 16.4. The van der Waals surface area contributed by atoms with Crippen molar-refractivity contribution in [3.05, 3.63) is 60.3 Å². The molecule has 4 aromatic rings. The van der Waals surface area contributed by atoms with Gasteiger partial charge in [-0.3, -0.25) is 4.79 Å². The number of fused-ring (bicyclic) bond motifs is 2. The van der Waals surface area contributed by atoms with Crippen molar-refractivity contribution in [2.45, 2.75) is 26.4 Å². The van der Waals surface area contributed by atoms with Gasteiger partial charge in [0.1, 0.15) is 5.82 Å². The molecule has 28 heavy (non-hydrogen) atoms. The van der Waals surface area contributed by atoms with E-state index in [9.17, 15) is 4.79 Å². The van der Waals surface area contributed by atoms with Gasteiger partial charge in [0, 0.05) is 43.4 Å². The van der Waals surface area contributed by atoms with E-state index in [1.165, 1.54) is 0 Å². The number of aryl methyl sites for hydroxylation is 1. The van der Waals surface area contributed by atoms with Gasteiger partial charge in [-0.05, 0) is 24.3 Å². The number of nitrogens with zero attached hydrogens (tertiary/aromatic N) is 6. The number of hydrogen-bond donors (Lipinski definition) is 0. The first-order valence-electron chi connectivity index (χ1n) is 9.13. The molecule has 0 bridgehead atoms. The number of oxazole rings is 1. The third-order valence-electron chi connectivity index (χ3n) is 4.97. The Morgan fingerprint density at radius 2 is 2.11 bits per heavy atom. The minimum absolute atomic E-state index is 0.0323. The molecular formula is C20H18N6O2. The molecule has 8 heteroatoms. The fraction of sp³-hybridized carbons (Fsp3) is 0.250. The average molecular weight is 374 g/mol. The second-order valence-electron chi connectivity index (χ2n) is 6.88. The van der Waals surface area contributed by atoms with Gasteiger partial charge in [0.05, 0.1) is 30.4 Å². The van der Waals surface area contributed by atoms with E-state index in [0.29, 0.717) is 30.4 Å². The zero-order valence-electron chi connectivity index (χ0n) is 15.4. The van der Waals surface area contributed by atoms with E-state index in [1.807, 2.05) is 42.3 Å². The minimum atomic E-state index is 0.0323. The molecule has 0 aliphatic carbocycles. The van der Waals surface area contributed by atoms with Gasteiger partial charge in [0.15, 0.2) is 11.7 Å². The number of carbonyl (C=O) groups excluding carboxylic acids is 1. The number of benzene rings is 1. The molecule has 3 aromatic heterocycles. The summed E-state index contributed by atoms with van der Waals surface area (Å²) in [5, 5.41) is 9.41. The fourth-order valence-corrected chi connectivity index (χ4v) is 3.48. The molecule has 4 heterocycles. The first-order valence-corrected chi connectivity index (χ1v) is 9.13. The lowest BCUT2D eigenvalue weighted by Crippen LogP contribution is -2.39. The van der Waals surface area contributed by atoms with Crippen molar-refractivity contribution in [3.8, 4) is 11.3 Å². The first kappa shape index (κ1) is 16.6. The van der Waals surface area contributed by atoms with E-state index in [1.54, 1.807) is 12.4 Å². The molecule has 1 aliphatic heterocycles. The van der Waals surface area contributed by atoms with Crippen LogP contribution in [-0.4, -0.2) is 42.1 Å². The second kappa shape index (κ2) is 6.56. The highest BCUT2D eigenvalue weighted by molar-refractivity contribution is 5.85. The summed E-state index contributed by atoms with van der Waals surface area (Å²) < 4.78 is 7.67. The monoisotopic (exact) mass is 374 g/mol. The van der Waals surface area contributed by atoms with E-state index < -0.39 is 0 Å². The average Bonchev–Trinajstić information content (AvgIpc) is 3.35. The van der Waals surface area contributed by atoms with Crippen molar-refractivity contribution < 1.29 is 9.21 Å². The van der Waals surface area contributed by atoms with E-state index in [4.69, 9.17) is 4.42 Å². The zero-order valence-corrected chi connectivity index (χ0v) is 15.4. The lowest BCUT2D eigenvalue weighted by Gasteiger charge is -2.27. The van der Waals surface area contributed by atoms with Crippen LogP contribution in [0.5, 0.6) is 0 Å². The number of rotatable bonds is 3. The van der Waals surface area contributed by atoms with Crippen LogP contribution in [0, 0.1) is 6.92 Å². The number of imidazole rings is 1. The molecule has 0 saturated carbocycles. The van der Waals surface area contributed by atoms with Gasteiger partial charge in [-0.15, -0.1) is 0 Å². The van der Waals surface area contributed by atoms with Gasteiger partial charge < -0.3 is 13.9 Å². The molecule has 0 fully saturated rings. The van der Waals surface area contributed by atoms with Crippen molar-refractivity contribution in [1.82, 2.24) is 29.6 Å². The third kappa shape index (κ3) is 3.02. The lowest BCUT2D eigenvalue weighted by atomic mass is 10.1. The summed E-state index contributed by atoms with van der Waals surface area (Å²) in [6, 6.07) is 7.72. The predicted molar refractivity (Wildman–Crippen MR) is 101 cm³/mol. The molecule has 0 atom stereocenters. The van der Waals surface area contributed by atoms with Crippen LogP contribution >= 0.6 is 0 Å². The summed E-state index contributed by atoms with van der Waals surface area (Å²) in [7, 11) is 0. The Balaban J connectivity index is 1.38. The van der Waals surface area contributed by atoms with E-state index in [2.05, 4.69) is 24.7 Å². The summed E-state index contributed by atoms with van der Waals surface area (Å²) in [4.78, 5) is 23.0. The van der Waals surface area contributed by atoms with Gasteiger partial charge in [-0.2, -0.15) is 10.2 Å². The number of amides is 1. The molecule has 1 amide bonds. The normalized spacial score (nSPS) is 13.7. The van der Waals surface area contributed by atoms with Crippen LogP contribution < -0.4 is 0 Å². The molecule has 0 saturated heterocycles. The molecule has 1 aromatic carbocycles. The maximum atomic E-state index is 12.7. The molecule has 8 nitrogen and oxygen atoms in total. The van der Waals surface area contributed by atoms with Crippen LogP contribution in [0.1, 0.15) is 17.4 Å². The fourth-order valence-electron chi connectivity index (χ4n) is 3.48. The maximum Gasteiger partial charge on any atom is 0.229 e. The first-order chi connectivity index (χ1) is 13.7. The Morgan fingerprint density at radius 3 is 2.96 bits per heavy atom.